The van der Waals surface area contributed by atoms with E-state index in [9.17, 15) is 9.59 Å². The average Bonchev–Trinajstić information content (AvgIpc) is 3.13. The molecule has 5 nitrogen and oxygen atoms in total. The first-order valence-electron chi connectivity index (χ1n) is 8.08. The Kier molecular flexibility index (Phi) is 3.84. The molecule has 3 aromatic rings. The number of nitrogens with one attached hydrogen (secondary N) is 2. The van der Waals surface area contributed by atoms with Gasteiger partial charge >= 0.3 is 0 Å². The van der Waals surface area contributed by atoms with E-state index >= 15 is 0 Å². The van der Waals surface area contributed by atoms with Crippen LogP contribution < -0.4 is 5.32 Å². The van der Waals surface area contributed by atoms with Crippen molar-refractivity contribution < 1.29 is 9.59 Å². The molecule has 0 bridgehead atoms. The fourth-order valence-electron chi connectivity index (χ4n) is 2.98. The molecule has 0 spiro atoms. The Hall–Kier alpha value is -2.60. The second kappa shape index (κ2) is 6.04. The molecule has 0 unspecified atom stereocenters. The van der Waals surface area contributed by atoms with Gasteiger partial charge in [-0.1, -0.05) is 17.8 Å². The van der Waals surface area contributed by atoms with Gasteiger partial charge in [0.15, 0.2) is 10.9 Å². The number of anilines is 1. The fourth-order valence-corrected chi connectivity index (χ4v) is 3.76. The van der Waals surface area contributed by atoms with Crippen LogP contribution in [0.15, 0.2) is 41.6 Å². The van der Waals surface area contributed by atoms with Gasteiger partial charge in [0.2, 0.25) is 5.91 Å². The summed E-state index contributed by atoms with van der Waals surface area (Å²) in [7, 11) is 0. The van der Waals surface area contributed by atoms with Crippen molar-refractivity contribution in [3.63, 3.8) is 0 Å². The Balaban J connectivity index is 1.49. The summed E-state index contributed by atoms with van der Waals surface area (Å²) in [6.07, 6.45) is 0. The largest absolute Gasteiger partial charge is 0.333 e. The zero-order chi connectivity index (χ0) is 17.6. The van der Waals surface area contributed by atoms with Gasteiger partial charge in [0.05, 0.1) is 22.7 Å². The number of H-pyrrole nitrogens is 1. The van der Waals surface area contributed by atoms with Crippen molar-refractivity contribution in [3.8, 4) is 0 Å². The van der Waals surface area contributed by atoms with E-state index < -0.39 is 0 Å². The summed E-state index contributed by atoms with van der Waals surface area (Å²) in [6, 6.07) is 11.4. The minimum atomic E-state index is -0.214. The number of rotatable bonds is 4. The lowest BCUT2D eigenvalue weighted by atomic mass is 9.99. The molecule has 2 N–H and O–H groups in total. The van der Waals surface area contributed by atoms with Gasteiger partial charge in [0.1, 0.15) is 0 Å². The summed E-state index contributed by atoms with van der Waals surface area (Å²) in [6.45, 7) is 3.88. The molecule has 1 atom stereocenters. The molecule has 1 aliphatic heterocycles. The maximum atomic E-state index is 12.5. The van der Waals surface area contributed by atoms with Crippen molar-refractivity contribution in [3.05, 3.63) is 53.1 Å². The third-order valence-electron chi connectivity index (χ3n) is 4.45. The number of imidazole rings is 1. The topological polar surface area (TPSA) is 74.8 Å². The Morgan fingerprint density at radius 1 is 1.24 bits per heavy atom. The van der Waals surface area contributed by atoms with Gasteiger partial charge in [-0.3, -0.25) is 9.59 Å². The van der Waals surface area contributed by atoms with E-state index in [0.29, 0.717) is 11.3 Å². The number of aryl methyl sites for hydroxylation is 1. The first-order chi connectivity index (χ1) is 12.0. The molecule has 0 saturated carbocycles. The number of benzene rings is 2. The van der Waals surface area contributed by atoms with Crippen LogP contribution in [-0.4, -0.2) is 27.4 Å². The maximum absolute atomic E-state index is 12.5. The molecule has 0 aliphatic carbocycles. The number of nitrogens with zero attached hydrogens (tertiary/aromatic N) is 1. The van der Waals surface area contributed by atoms with Crippen LogP contribution in [0.4, 0.5) is 5.69 Å². The van der Waals surface area contributed by atoms with Crippen molar-refractivity contribution in [1.82, 2.24) is 9.97 Å². The van der Waals surface area contributed by atoms with Crippen molar-refractivity contribution in [1.29, 1.82) is 0 Å². The van der Waals surface area contributed by atoms with Gasteiger partial charge in [-0.05, 0) is 55.3 Å². The van der Waals surface area contributed by atoms with Gasteiger partial charge in [-0.25, -0.2) is 4.98 Å². The lowest BCUT2D eigenvalue weighted by Crippen LogP contribution is -2.08. The number of amides is 1. The highest BCUT2D eigenvalue weighted by Crippen LogP contribution is 2.33. The number of carbonyl (C=O) groups is 2. The van der Waals surface area contributed by atoms with E-state index in [0.717, 1.165) is 27.4 Å². The van der Waals surface area contributed by atoms with Crippen LogP contribution >= 0.6 is 11.8 Å². The van der Waals surface area contributed by atoms with Gasteiger partial charge in [-0.15, -0.1) is 0 Å². The van der Waals surface area contributed by atoms with E-state index in [2.05, 4.69) is 15.3 Å². The Bertz CT molecular complexity index is 1010. The number of ketones is 1. The molecular weight excluding hydrogens is 334 g/mol. The first kappa shape index (κ1) is 15.9. The summed E-state index contributed by atoms with van der Waals surface area (Å²) in [5.41, 5.74) is 5.36. The summed E-state index contributed by atoms with van der Waals surface area (Å²) in [5.74, 6) is 0.0874. The third kappa shape index (κ3) is 2.93. The average molecular weight is 351 g/mol. The molecule has 1 aliphatic rings. The summed E-state index contributed by atoms with van der Waals surface area (Å²) < 4.78 is 0. The number of fused-ring (bicyclic) bond motifs is 2. The molecular formula is C19H17N3O2S. The summed E-state index contributed by atoms with van der Waals surface area (Å²) in [5, 5.41) is 3.56. The monoisotopic (exact) mass is 351 g/mol. The molecule has 2 aromatic carbocycles. The zero-order valence-electron chi connectivity index (χ0n) is 13.9. The van der Waals surface area contributed by atoms with Gasteiger partial charge in [0.25, 0.3) is 0 Å². The number of hydrogen-bond acceptors (Lipinski definition) is 4. The number of thioether (sulfide) groups is 1. The highest BCUT2D eigenvalue weighted by molar-refractivity contribution is 7.99. The number of aromatic amines is 1. The second-order valence-corrected chi connectivity index (χ2v) is 7.25. The number of carbonyl (C=O) groups excluding carboxylic acids is 2. The molecule has 0 fully saturated rings. The molecule has 6 heteroatoms. The van der Waals surface area contributed by atoms with Crippen LogP contribution in [0.3, 0.4) is 0 Å². The number of aromatic nitrogens is 2. The van der Waals surface area contributed by atoms with Gasteiger partial charge < -0.3 is 10.3 Å². The molecule has 0 saturated heterocycles. The molecule has 0 radical (unpaired) electrons. The third-order valence-corrected chi connectivity index (χ3v) is 5.32. The number of hydrogen-bond donors (Lipinski definition) is 2. The predicted octanol–water partition coefficient (Wildman–Crippen LogP) is 3.90. The van der Waals surface area contributed by atoms with E-state index in [1.54, 1.807) is 12.1 Å². The highest BCUT2D eigenvalue weighted by Gasteiger charge is 2.27. The van der Waals surface area contributed by atoms with Gasteiger partial charge in [-0.2, -0.15) is 0 Å². The lowest BCUT2D eigenvalue weighted by molar-refractivity contribution is -0.116. The Morgan fingerprint density at radius 2 is 2.08 bits per heavy atom. The smallest absolute Gasteiger partial charge is 0.231 e. The molecule has 1 amide bonds. The fraction of sp³-hybridized carbons (Fsp3) is 0.211. The highest BCUT2D eigenvalue weighted by atomic mass is 32.2. The maximum Gasteiger partial charge on any atom is 0.231 e. The first-order valence-corrected chi connectivity index (χ1v) is 9.07. The summed E-state index contributed by atoms with van der Waals surface area (Å²) >= 11 is 1.39. The van der Waals surface area contributed by atoms with E-state index in [1.165, 1.54) is 17.3 Å². The van der Waals surface area contributed by atoms with Crippen molar-refractivity contribution in [2.24, 2.45) is 0 Å². The Labute approximate surface area is 149 Å². The molecule has 126 valence electrons. The predicted molar refractivity (Wildman–Crippen MR) is 99.4 cm³/mol. The van der Waals surface area contributed by atoms with Crippen molar-refractivity contribution in [2.45, 2.75) is 24.9 Å². The molecule has 1 aromatic heterocycles. The quantitative estimate of drug-likeness (QED) is 0.552. The molecule has 4 rings (SSSR count). The van der Waals surface area contributed by atoms with Crippen LogP contribution in [0.2, 0.25) is 0 Å². The second-order valence-electron chi connectivity index (χ2n) is 6.29. The van der Waals surface area contributed by atoms with E-state index in [4.69, 9.17) is 0 Å². The minimum absolute atomic E-state index is 0.0217. The van der Waals surface area contributed by atoms with E-state index in [-0.39, 0.29) is 17.6 Å². The SMILES string of the molecule is Cc1ccc2nc(SCC(=O)c3ccc4c(c3)[C@@H](C)C(=O)N4)[nH]c2c1. The van der Waals surface area contributed by atoms with Crippen LogP contribution in [0.1, 0.15) is 34.3 Å². The number of Topliss-reactive ketones (excluding diaryl/α,β-unsaturated/α-hetero) is 1. The van der Waals surface area contributed by atoms with Crippen molar-refractivity contribution in [2.75, 3.05) is 11.1 Å². The molecule has 25 heavy (non-hydrogen) atoms. The normalized spacial score (nSPS) is 16.1. The Morgan fingerprint density at radius 3 is 2.92 bits per heavy atom. The van der Waals surface area contributed by atoms with E-state index in [1.807, 2.05) is 38.1 Å². The van der Waals surface area contributed by atoms with Gasteiger partial charge in [0, 0.05) is 11.3 Å². The lowest BCUT2D eigenvalue weighted by Gasteiger charge is -2.05. The summed E-state index contributed by atoms with van der Waals surface area (Å²) in [4.78, 5) is 32.0. The van der Waals surface area contributed by atoms with Crippen LogP contribution in [0.25, 0.3) is 11.0 Å². The van der Waals surface area contributed by atoms with Crippen molar-refractivity contribution >= 4 is 40.2 Å². The minimum Gasteiger partial charge on any atom is -0.333 e. The van der Waals surface area contributed by atoms with Crippen LogP contribution in [0.5, 0.6) is 0 Å². The standard InChI is InChI=1S/C19H17N3O2S/c1-10-3-5-15-16(7-10)22-19(21-15)25-9-17(23)12-4-6-14-13(8-12)11(2)18(24)20-14/h3-8,11H,9H2,1-2H3,(H,20,24)(H,21,22)/t11-/m1/s1. The van der Waals surface area contributed by atoms with Crippen LogP contribution in [-0.2, 0) is 4.79 Å². The zero-order valence-corrected chi connectivity index (χ0v) is 14.7. The molecule has 2 heterocycles. The van der Waals surface area contributed by atoms with Crippen LogP contribution in [0, 0.1) is 6.92 Å².